The van der Waals surface area contributed by atoms with Crippen molar-refractivity contribution in [1.29, 1.82) is 5.41 Å². The fourth-order valence-electron chi connectivity index (χ4n) is 4.52. The van der Waals surface area contributed by atoms with Gasteiger partial charge in [-0.15, -0.1) is 0 Å². The minimum absolute atomic E-state index is 0.0583. The van der Waals surface area contributed by atoms with E-state index in [1.165, 1.54) is 19.2 Å². The Balaban J connectivity index is 1.72. The summed E-state index contributed by atoms with van der Waals surface area (Å²) in [5.41, 5.74) is 5.13. The van der Waals surface area contributed by atoms with E-state index in [0.717, 1.165) is 16.1 Å². The average Bonchev–Trinajstić information content (AvgIpc) is 3.28. The van der Waals surface area contributed by atoms with Gasteiger partial charge in [-0.2, -0.15) is 27.7 Å². The predicted octanol–water partition coefficient (Wildman–Crippen LogP) is 3.60. The summed E-state index contributed by atoms with van der Waals surface area (Å²) in [5, 5.41) is 15.9. The number of nitrogens with zero attached hydrogens (tertiary/aromatic N) is 5. The summed E-state index contributed by atoms with van der Waals surface area (Å²) in [7, 11) is -2.74. The number of alkyl halides is 3. The number of halogens is 4. The van der Waals surface area contributed by atoms with Crippen molar-refractivity contribution in [3.8, 4) is 5.69 Å². The first-order chi connectivity index (χ1) is 17.9. The lowest BCUT2D eigenvalue weighted by molar-refractivity contribution is -0.140. The van der Waals surface area contributed by atoms with Gasteiger partial charge in [0.25, 0.3) is 10.0 Å². The molecule has 1 atom stereocenters. The van der Waals surface area contributed by atoms with Gasteiger partial charge in [0.2, 0.25) is 0 Å². The average molecular weight is 554 g/mol. The number of hydrogen-bond acceptors (Lipinski definition) is 7. The number of nitrogens with one attached hydrogen (secondary N) is 2. The molecule has 1 aliphatic rings. The van der Waals surface area contributed by atoms with Crippen molar-refractivity contribution in [3.63, 3.8) is 0 Å². The first kappa shape index (κ1) is 27.7. The van der Waals surface area contributed by atoms with E-state index in [2.05, 4.69) is 15.6 Å². The van der Waals surface area contributed by atoms with Crippen molar-refractivity contribution >= 4 is 32.2 Å². The van der Waals surface area contributed by atoms with Gasteiger partial charge in [0, 0.05) is 44.7 Å². The van der Waals surface area contributed by atoms with Gasteiger partial charge in [-0.1, -0.05) is 0 Å². The standard InChI is InChI=1S/C24H27F4N7O2S/c1-16-11-21-17(13-32-35(21)19-5-3-18(25)4-6-19)12-20(16)22-15-34(38(36,37)23(29)14-31-30-2)10-9-33(22)8-7-24(26,27)28/h3-6,11-14,22,29-30H,7-10,15H2,1-2H3/b29-23?,31-14-/t22-/m0/s1. The van der Waals surface area contributed by atoms with Crippen molar-refractivity contribution in [1.82, 2.24) is 24.4 Å². The molecule has 0 bridgehead atoms. The molecule has 3 aromatic rings. The lowest BCUT2D eigenvalue weighted by Gasteiger charge is -2.41. The van der Waals surface area contributed by atoms with Gasteiger partial charge in [0.05, 0.1) is 30.0 Å². The molecule has 1 aliphatic heterocycles. The van der Waals surface area contributed by atoms with Crippen LogP contribution in [0.3, 0.4) is 0 Å². The maximum Gasteiger partial charge on any atom is 0.390 e. The van der Waals surface area contributed by atoms with Crippen molar-refractivity contribution < 1.29 is 26.0 Å². The number of fused-ring (bicyclic) bond motifs is 1. The first-order valence-electron chi connectivity index (χ1n) is 11.7. The molecule has 9 nitrogen and oxygen atoms in total. The quantitative estimate of drug-likeness (QED) is 0.201. The molecule has 1 saturated heterocycles. The van der Waals surface area contributed by atoms with Gasteiger partial charge < -0.3 is 5.43 Å². The third-order valence-electron chi connectivity index (χ3n) is 6.45. The molecule has 1 aromatic heterocycles. The van der Waals surface area contributed by atoms with Crippen molar-refractivity contribution in [2.75, 3.05) is 33.2 Å². The molecule has 2 N–H and O–H groups in total. The third kappa shape index (κ3) is 5.87. The zero-order chi connectivity index (χ0) is 27.7. The van der Waals surface area contributed by atoms with E-state index >= 15 is 0 Å². The molecule has 0 spiro atoms. The van der Waals surface area contributed by atoms with Crippen LogP contribution >= 0.6 is 0 Å². The highest BCUT2D eigenvalue weighted by molar-refractivity contribution is 8.06. The molecule has 0 saturated carbocycles. The zero-order valence-electron chi connectivity index (χ0n) is 20.7. The Kier molecular flexibility index (Phi) is 7.85. The lowest BCUT2D eigenvalue weighted by Crippen LogP contribution is -2.52. The number of hydrazone groups is 1. The molecule has 14 heteroatoms. The lowest BCUT2D eigenvalue weighted by atomic mass is 9.96. The summed E-state index contributed by atoms with van der Waals surface area (Å²) >= 11 is 0. The SMILES string of the molecule is CN/N=C\C(=N)S(=O)(=O)N1CCN(CCC(F)(F)F)[C@H](c2cc3cnn(-c4ccc(F)cc4)c3cc2C)C1. The summed E-state index contributed by atoms with van der Waals surface area (Å²) < 4.78 is 81.4. The second-order valence-electron chi connectivity index (χ2n) is 8.93. The van der Waals surface area contributed by atoms with E-state index in [4.69, 9.17) is 5.41 Å². The van der Waals surface area contributed by atoms with Crippen LogP contribution in [0.25, 0.3) is 16.6 Å². The number of benzene rings is 2. The van der Waals surface area contributed by atoms with Crippen LogP contribution in [-0.2, 0) is 10.0 Å². The van der Waals surface area contributed by atoms with Gasteiger partial charge in [0.1, 0.15) is 5.82 Å². The van der Waals surface area contributed by atoms with E-state index in [-0.39, 0.29) is 32.0 Å². The van der Waals surface area contributed by atoms with Gasteiger partial charge in [-0.05, 0) is 54.4 Å². The molecule has 204 valence electrons. The minimum Gasteiger partial charge on any atom is -0.313 e. The fraction of sp³-hybridized carbons (Fsp3) is 0.375. The van der Waals surface area contributed by atoms with Crippen LogP contribution in [0.2, 0.25) is 0 Å². The number of piperazine rings is 1. The van der Waals surface area contributed by atoms with Crippen LogP contribution in [0.4, 0.5) is 17.6 Å². The van der Waals surface area contributed by atoms with Crippen molar-refractivity contribution in [2.24, 2.45) is 5.10 Å². The molecule has 0 amide bonds. The predicted molar refractivity (Wildman–Crippen MR) is 137 cm³/mol. The second kappa shape index (κ2) is 10.8. The Bertz CT molecular complexity index is 1450. The third-order valence-corrected chi connectivity index (χ3v) is 8.12. The molecule has 0 aliphatic carbocycles. The largest absolute Gasteiger partial charge is 0.390 e. The van der Waals surface area contributed by atoms with E-state index in [9.17, 15) is 26.0 Å². The van der Waals surface area contributed by atoms with E-state index < -0.39 is 33.7 Å². The Labute approximate surface area is 217 Å². The van der Waals surface area contributed by atoms with Crippen molar-refractivity contribution in [2.45, 2.75) is 25.6 Å². The van der Waals surface area contributed by atoms with Crippen molar-refractivity contribution in [3.05, 3.63) is 59.5 Å². The monoisotopic (exact) mass is 553 g/mol. The highest BCUT2D eigenvalue weighted by Gasteiger charge is 2.38. The fourth-order valence-corrected chi connectivity index (χ4v) is 5.64. The zero-order valence-corrected chi connectivity index (χ0v) is 21.5. The summed E-state index contributed by atoms with van der Waals surface area (Å²) in [5.74, 6) is -0.384. The topological polar surface area (TPSA) is 107 Å². The Morgan fingerprint density at radius 1 is 1.24 bits per heavy atom. The van der Waals surface area contributed by atoms with Crippen LogP contribution in [0.15, 0.2) is 47.7 Å². The van der Waals surface area contributed by atoms with Crippen LogP contribution in [0.1, 0.15) is 23.6 Å². The minimum atomic E-state index is -4.37. The van der Waals surface area contributed by atoms with Gasteiger partial charge >= 0.3 is 6.18 Å². The highest BCUT2D eigenvalue weighted by atomic mass is 32.2. The van der Waals surface area contributed by atoms with Crippen LogP contribution in [0, 0.1) is 18.2 Å². The summed E-state index contributed by atoms with van der Waals surface area (Å²) in [6, 6.07) is 8.75. The van der Waals surface area contributed by atoms with E-state index in [1.54, 1.807) is 40.9 Å². The first-order valence-corrected chi connectivity index (χ1v) is 13.2. The molecule has 1 fully saturated rings. The number of sulfonamides is 1. The van der Waals surface area contributed by atoms with Gasteiger partial charge in [0.15, 0.2) is 5.04 Å². The molecule has 2 aromatic carbocycles. The van der Waals surface area contributed by atoms with E-state index in [1.807, 2.05) is 6.07 Å². The molecular weight excluding hydrogens is 526 g/mol. The second-order valence-corrected chi connectivity index (χ2v) is 10.8. The maximum atomic E-state index is 13.4. The summed E-state index contributed by atoms with van der Waals surface area (Å²) in [6.45, 7) is 1.37. The Hall–Kier alpha value is -3.36. The molecule has 38 heavy (non-hydrogen) atoms. The van der Waals surface area contributed by atoms with Gasteiger partial charge in [-0.3, -0.25) is 10.3 Å². The highest BCUT2D eigenvalue weighted by Crippen LogP contribution is 2.34. The number of aromatic nitrogens is 2. The van der Waals surface area contributed by atoms with Crippen LogP contribution < -0.4 is 5.43 Å². The molecule has 0 unspecified atom stereocenters. The van der Waals surface area contributed by atoms with E-state index in [0.29, 0.717) is 22.2 Å². The van der Waals surface area contributed by atoms with Gasteiger partial charge in [-0.25, -0.2) is 17.5 Å². The molecule has 0 radical (unpaired) electrons. The maximum absolute atomic E-state index is 13.4. The summed E-state index contributed by atoms with van der Waals surface area (Å²) in [4.78, 5) is 1.63. The summed E-state index contributed by atoms with van der Waals surface area (Å²) in [6.07, 6.45) is -2.93. The smallest absolute Gasteiger partial charge is 0.313 e. The number of hydrogen-bond donors (Lipinski definition) is 2. The number of rotatable bonds is 7. The molecule has 2 heterocycles. The molecular formula is C24H27F4N7O2S. The normalized spacial score (nSPS) is 17.9. The number of aryl methyl sites for hydroxylation is 1. The van der Waals surface area contributed by atoms with Crippen LogP contribution in [-0.4, -0.2) is 78.1 Å². The Morgan fingerprint density at radius 3 is 2.61 bits per heavy atom. The Morgan fingerprint density at radius 2 is 1.95 bits per heavy atom. The van der Waals surface area contributed by atoms with Crippen LogP contribution in [0.5, 0.6) is 0 Å². The molecule has 4 rings (SSSR count).